The molecule has 6 heteroatoms. The third-order valence-corrected chi connectivity index (χ3v) is 6.84. The molecule has 0 saturated carbocycles. The Balaban J connectivity index is 1.42. The van der Waals surface area contributed by atoms with Crippen LogP contribution < -0.4 is 0 Å². The zero-order chi connectivity index (χ0) is 18.4. The summed E-state index contributed by atoms with van der Waals surface area (Å²) >= 11 is 5.83. The lowest BCUT2D eigenvalue weighted by atomic mass is 10.1. The van der Waals surface area contributed by atoms with E-state index in [-0.39, 0.29) is 5.75 Å². The summed E-state index contributed by atoms with van der Waals surface area (Å²) in [7, 11) is -3.25. The highest BCUT2D eigenvalue weighted by atomic mass is 35.5. The predicted molar refractivity (Wildman–Crippen MR) is 107 cm³/mol. The van der Waals surface area contributed by atoms with Crippen LogP contribution in [0.3, 0.4) is 0 Å². The SMILES string of the molecule is O=S(=O)(CCN1CCN(CCc2ccccc2)CC1)c1ccc(Cl)cc1. The first-order valence-electron chi connectivity index (χ1n) is 9.00. The van der Waals surface area contributed by atoms with Gasteiger partial charge in [0.1, 0.15) is 0 Å². The molecular weight excluding hydrogens is 368 g/mol. The Bertz CT molecular complexity index is 786. The molecule has 2 aromatic carbocycles. The van der Waals surface area contributed by atoms with Crippen LogP contribution in [0.2, 0.25) is 5.02 Å². The molecule has 26 heavy (non-hydrogen) atoms. The van der Waals surface area contributed by atoms with Gasteiger partial charge in [-0.25, -0.2) is 8.42 Å². The van der Waals surface area contributed by atoms with Crippen LogP contribution in [-0.4, -0.2) is 63.2 Å². The van der Waals surface area contributed by atoms with Gasteiger partial charge in [-0.2, -0.15) is 0 Å². The zero-order valence-corrected chi connectivity index (χ0v) is 16.4. The fourth-order valence-corrected chi connectivity index (χ4v) is 4.59. The molecule has 0 aliphatic carbocycles. The van der Waals surface area contributed by atoms with Crippen molar-refractivity contribution < 1.29 is 8.42 Å². The second kappa shape index (κ2) is 9.00. The van der Waals surface area contributed by atoms with E-state index >= 15 is 0 Å². The van der Waals surface area contributed by atoms with Crippen molar-refractivity contribution >= 4 is 21.4 Å². The highest BCUT2D eigenvalue weighted by Crippen LogP contribution is 2.16. The van der Waals surface area contributed by atoms with Crippen LogP contribution in [-0.2, 0) is 16.3 Å². The number of nitrogens with zero attached hydrogens (tertiary/aromatic N) is 2. The summed E-state index contributed by atoms with van der Waals surface area (Å²) in [5.41, 5.74) is 1.36. The van der Waals surface area contributed by atoms with Gasteiger partial charge >= 0.3 is 0 Å². The fourth-order valence-electron chi connectivity index (χ4n) is 3.18. The maximum atomic E-state index is 12.4. The molecule has 140 valence electrons. The van der Waals surface area contributed by atoms with E-state index in [4.69, 9.17) is 11.6 Å². The van der Waals surface area contributed by atoms with Gasteiger partial charge in [0.05, 0.1) is 10.6 Å². The standard InChI is InChI=1S/C20H25ClN2O2S/c21-19-6-8-20(9-7-19)26(24,25)17-16-23-14-12-22(13-15-23)11-10-18-4-2-1-3-5-18/h1-9H,10-17H2. The Hall–Kier alpha value is -1.40. The van der Waals surface area contributed by atoms with Crippen molar-refractivity contribution in [3.8, 4) is 0 Å². The summed E-state index contributed by atoms with van der Waals surface area (Å²) in [6.07, 6.45) is 1.06. The Labute approximate surface area is 161 Å². The number of halogens is 1. The van der Waals surface area contributed by atoms with Crippen LogP contribution in [0.5, 0.6) is 0 Å². The average molecular weight is 393 g/mol. The van der Waals surface area contributed by atoms with Crippen molar-refractivity contribution in [2.24, 2.45) is 0 Å². The van der Waals surface area contributed by atoms with Crippen molar-refractivity contribution in [2.45, 2.75) is 11.3 Å². The van der Waals surface area contributed by atoms with Crippen LogP contribution in [0.15, 0.2) is 59.5 Å². The average Bonchev–Trinajstić information content (AvgIpc) is 2.67. The number of benzene rings is 2. The minimum absolute atomic E-state index is 0.151. The molecule has 0 atom stereocenters. The van der Waals surface area contributed by atoms with Gasteiger partial charge in [0, 0.05) is 44.3 Å². The Morgan fingerprint density at radius 2 is 1.38 bits per heavy atom. The van der Waals surface area contributed by atoms with Gasteiger partial charge in [0.2, 0.25) is 0 Å². The summed E-state index contributed by atoms with van der Waals surface area (Å²) in [4.78, 5) is 5.05. The Morgan fingerprint density at radius 1 is 0.808 bits per heavy atom. The monoisotopic (exact) mass is 392 g/mol. The third-order valence-electron chi connectivity index (χ3n) is 4.87. The first-order chi connectivity index (χ1) is 12.5. The van der Waals surface area contributed by atoms with Gasteiger partial charge in [-0.15, -0.1) is 0 Å². The topological polar surface area (TPSA) is 40.6 Å². The molecule has 4 nitrogen and oxygen atoms in total. The highest BCUT2D eigenvalue weighted by Gasteiger charge is 2.20. The second-order valence-corrected chi connectivity index (χ2v) is 9.24. The van der Waals surface area contributed by atoms with Crippen molar-refractivity contribution in [1.82, 2.24) is 9.80 Å². The molecule has 1 saturated heterocycles. The Morgan fingerprint density at radius 3 is 2.00 bits per heavy atom. The molecule has 0 N–H and O–H groups in total. The second-order valence-electron chi connectivity index (χ2n) is 6.69. The smallest absolute Gasteiger partial charge is 0.179 e. The van der Waals surface area contributed by atoms with Gasteiger partial charge in [-0.3, -0.25) is 4.90 Å². The van der Waals surface area contributed by atoms with E-state index in [1.165, 1.54) is 5.56 Å². The van der Waals surface area contributed by atoms with Crippen LogP contribution in [0.4, 0.5) is 0 Å². The lowest BCUT2D eigenvalue weighted by Gasteiger charge is -2.34. The molecular formula is C20H25ClN2O2S. The molecule has 0 bridgehead atoms. The summed E-state index contributed by atoms with van der Waals surface area (Å²) in [5.74, 6) is 0.151. The maximum Gasteiger partial charge on any atom is 0.179 e. The summed E-state index contributed by atoms with van der Waals surface area (Å²) < 4.78 is 24.9. The largest absolute Gasteiger partial charge is 0.300 e. The van der Waals surface area contributed by atoms with E-state index in [1.807, 2.05) is 6.07 Å². The van der Waals surface area contributed by atoms with Crippen LogP contribution >= 0.6 is 11.6 Å². The molecule has 0 amide bonds. The summed E-state index contributed by atoms with van der Waals surface area (Å²) in [6.45, 7) is 5.47. The predicted octanol–water partition coefficient (Wildman–Crippen LogP) is 2.97. The van der Waals surface area contributed by atoms with E-state index in [2.05, 4.69) is 34.1 Å². The summed E-state index contributed by atoms with van der Waals surface area (Å²) in [6, 6.07) is 16.9. The van der Waals surface area contributed by atoms with E-state index in [0.29, 0.717) is 16.5 Å². The van der Waals surface area contributed by atoms with E-state index in [0.717, 1.165) is 39.1 Å². The molecule has 0 spiro atoms. The van der Waals surface area contributed by atoms with Gasteiger partial charge in [-0.1, -0.05) is 41.9 Å². The summed E-state index contributed by atoms with van der Waals surface area (Å²) in [5, 5.41) is 0.551. The van der Waals surface area contributed by atoms with E-state index in [1.54, 1.807) is 24.3 Å². The number of rotatable bonds is 7. The van der Waals surface area contributed by atoms with Gasteiger partial charge in [0.25, 0.3) is 0 Å². The Kier molecular flexibility index (Phi) is 6.70. The molecule has 0 unspecified atom stereocenters. The molecule has 0 aromatic heterocycles. The van der Waals surface area contributed by atoms with Crippen LogP contribution in [0.25, 0.3) is 0 Å². The highest BCUT2D eigenvalue weighted by molar-refractivity contribution is 7.91. The number of hydrogen-bond acceptors (Lipinski definition) is 4. The molecule has 1 heterocycles. The molecule has 3 rings (SSSR count). The third kappa shape index (κ3) is 5.55. The van der Waals surface area contributed by atoms with Crippen molar-refractivity contribution in [2.75, 3.05) is 45.0 Å². The molecule has 1 aliphatic heterocycles. The number of hydrogen-bond donors (Lipinski definition) is 0. The number of sulfone groups is 1. The quantitative estimate of drug-likeness (QED) is 0.726. The first kappa shape index (κ1) is 19.4. The molecule has 2 aromatic rings. The lowest BCUT2D eigenvalue weighted by molar-refractivity contribution is 0.139. The van der Waals surface area contributed by atoms with Crippen molar-refractivity contribution in [1.29, 1.82) is 0 Å². The normalized spacial score (nSPS) is 16.7. The molecule has 1 aliphatic rings. The van der Waals surface area contributed by atoms with Crippen LogP contribution in [0.1, 0.15) is 5.56 Å². The van der Waals surface area contributed by atoms with Crippen molar-refractivity contribution in [3.63, 3.8) is 0 Å². The van der Waals surface area contributed by atoms with E-state index in [9.17, 15) is 8.42 Å². The minimum Gasteiger partial charge on any atom is -0.300 e. The molecule has 1 fully saturated rings. The van der Waals surface area contributed by atoms with Gasteiger partial charge in [0.15, 0.2) is 9.84 Å². The first-order valence-corrected chi connectivity index (χ1v) is 11.0. The maximum absolute atomic E-state index is 12.4. The molecule has 0 radical (unpaired) electrons. The number of piperazine rings is 1. The van der Waals surface area contributed by atoms with E-state index < -0.39 is 9.84 Å². The van der Waals surface area contributed by atoms with Crippen molar-refractivity contribution in [3.05, 3.63) is 65.2 Å². The van der Waals surface area contributed by atoms with Gasteiger partial charge in [-0.05, 0) is 36.2 Å². The fraction of sp³-hybridized carbons (Fsp3) is 0.400. The van der Waals surface area contributed by atoms with Crippen LogP contribution in [0, 0.1) is 0 Å². The van der Waals surface area contributed by atoms with Gasteiger partial charge < -0.3 is 4.90 Å². The zero-order valence-electron chi connectivity index (χ0n) is 14.9. The lowest BCUT2D eigenvalue weighted by Crippen LogP contribution is -2.48. The minimum atomic E-state index is -3.25.